The molecular weight excluding hydrogens is 505 g/mol. The SMILES string of the molecule is O=c1oc(-c2cc(C(F)(F)F)nn2-c2ncccc2Cl)nc2c(Br)cc3cn[nH]c3c12. The average molecular weight is 512 g/mol. The zero-order valence-corrected chi connectivity index (χ0v) is 17.2. The second-order valence-corrected chi connectivity index (χ2v) is 7.62. The topological polar surface area (TPSA) is 102 Å². The molecule has 0 fully saturated rings. The van der Waals surface area contributed by atoms with E-state index in [2.05, 4.69) is 41.2 Å². The van der Waals surface area contributed by atoms with E-state index in [1.807, 2.05) is 0 Å². The van der Waals surface area contributed by atoms with E-state index in [1.54, 1.807) is 6.07 Å². The number of pyridine rings is 1. The summed E-state index contributed by atoms with van der Waals surface area (Å²) in [5.74, 6) is -0.468. The van der Waals surface area contributed by atoms with E-state index in [9.17, 15) is 18.0 Å². The fraction of sp³-hybridized carbons (Fsp3) is 0.0556. The Morgan fingerprint density at radius 2 is 2.06 bits per heavy atom. The normalized spacial score (nSPS) is 12.2. The lowest BCUT2D eigenvalue weighted by Crippen LogP contribution is -2.09. The Morgan fingerprint density at radius 3 is 2.81 bits per heavy atom. The van der Waals surface area contributed by atoms with Gasteiger partial charge in [0.25, 0.3) is 0 Å². The van der Waals surface area contributed by atoms with Gasteiger partial charge in [0.15, 0.2) is 11.5 Å². The van der Waals surface area contributed by atoms with Gasteiger partial charge in [-0.25, -0.2) is 19.4 Å². The molecule has 0 aliphatic heterocycles. The Hall–Kier alpha value is -3.25. The molecule has 31 heavy (non-hydrogen) atoms. The highest BCUT2D eigenvalue weighted by Gasteiger charge is 2.36. The minimum Gasteiger partial charge on any atom is -0.401 e. The third kappa shape index (κ3) is 3.18. The fourth-order valence-corrected chi connectivity index (χ4v) is 3.83. The minimum atomic E-state index is -4.76. The van der Waals surface area contributed by atoms with Crippen molar-refractivity contribution >= 4 is 49.3 Å². The molecule has 5 aromatic rings. The summed E-state index contributed by atoms with van der Waals surface area (Å²) in [4.78, 5) is 21.1. The summed E-state index contributed by atoms with van der Waals surface area (Å²) in [5, 5.41) is 10.9. The number of benzene rings is 1. The highest BCUT2D eigenvalue weighted by molar-refractivity contribution is 9.10. The highest BCUT2D eigenvalue weighted by atomic mass is 79.9. The zero-order valence-electron chi connectivity index (χ0n) is 14.9. The monoisotopic (exact) mass is 510 g/mol. The van der Waals surface area contributed by atoms with Gasteiger partial charge in [-0.15, -0.1) is 0 Å². The number of rotatable bonds is 2. The molecule has 5 rings (SSSR count). The predicted octanol–water partition coefficient (Wildman–Crippen LogP) is 4.75. The van der Waals surface area contributed by atoms with E-state index in [-0.39, 0.29) is 33.3 Å². The molecule has 0 unspecified atom stereocenters. The molecule has 4 heterocycles. The van der Waals surface area contributed by atoms with Crippen molar-refractivity contribution in [1.82, 2.24) is 29.9 Å². The van der Waals surface area contributed by atoms with Gasteiger partial charge in [0.2, 0.25) is 5.89 Å². The van der Waals surface area contributed by atoms with Crippen LogP contribution in [0.4, 0.5) is 13.2 Å². The van der Waals surface area contributed by atoms with Crippen LogP contribution in [0.15, 0.2) is 50.3 Å². The summed E-state index contributed by atoms with van der Waals surface area (Å²) in [6.07, 6.45) is -1.91. The molecule has 0 aliphatic rings. The molecule has 156 valence electrons. The Bertz CT molecular complexity index is 1540. The van der Waals surface area contributed by atoms with Crippen molar-refractivity contribution < 1.29 is 17.6 Å². The molecule has 0 spiro atoms. The maximum atomic E-state index is 13.4. The number of nitrogens with one attached hydrogen (secondary N) is 1. The van der Waals surface area contributed by atoms with Crippen molar-refractivity contribution in [1.29, 1.82) is 0 Å². The molecule has 0 saturated heterocycles. The van der Waals surface area contributed by atoms with Gasteiger partial charge in [0, 0.05) is 22.1 Å². The van der Waals surface area contributed by atoms with E-state index < -0.39 is 17.5 Å². The summed E-state index contributed by atoms with van der Waals surface area (Å²) in [7, 11) is 0. The number of nitrogens with zero attached hydrogens (tertiary/aromatic N) is 5. The van der Waals surface area contributed by atoms with Crippen molar-refractivity contribution in [2.24, 2.45) is 0 Å². The van der Waals surface area contributed by atoms with Crippen LogP contribution in [0.5, 0.6) is 0 Å². The van der Waals surface area contributed by atoms with Crippen molar-refractivity contribution in [3.63, 3.8) is 0 Å². The van der Waals surface area contributed by atoms with Crippen LogP contribution in [-0.2, 0) is 6.18 Å². The molecule has 0 amide bonds. The van der Waals surface area contributed by atoms with Gasteiger partial charge in [-0.1, -0.05) is 11.6 Å². The zero-order chi connectivity index (χ0) is 21.9. The maximum Gasteiger partial charge on any atom is 0.435 e. The minimum absolute atomic E-state index is 0.0454. The van der Waals surface area contributed by atoms with Crippen molar-refractivity contribution in [2.45, 2.75) is 6.18 Å². The molecule has 13 heteroatoms. The molecule has 1 N–H and O–H groups in total. The molecule has 8 nitrogen and oxygen atoms in total. The number of H-pyrrole nitrogens is 1. The lowest BCUT2D eigenvalue weighted by molar-refractivity contribution is -0.141. The van der Waals surface area contributed by atoms with Crippen LogP contribution in [0.3, 0.4) is 0 Å². The first-order valence-corrected chi connectivity index (χ1v) is 9.66. The van der Waals surface area contributed by atoms with Gasteiger partial charge in [0.1, 0.15) is 11.1 Å². The van der Waals surface area contributed by atoms with Gasteiger partial charge in [-0.3, -0.25) is 5.10 Å². The Morgan fingerprint density at radius 1 is 1.26 bits per heavy atom. The van der Waals surface area contributed by atoms with Crippen LogP contribution >= 0.6 is 27.5 Å². The first-order chi connectivity index (χ1) is 14.7. The van der Waals surface area contributed by atoms with E-state index in [0.717, 1.165) is 4.68 Å². The van der Waals surface area contributed by atoms with Gasteiger partial charge in [-0.2, -0.15) is 23.4 Å². The van der Waals surface area contributed by atoms with Gasteiger partial charge in [0.05, 0.1) is 22.3 Å². The molecule has 0 radical (unpaired) electrons. The highest BCUT2D eigenvalue weighted by Crippen LogP contribution is 2.35. The van der Waals surface area contributed by atoms with E-state index in [0.29, 0.717) is 21.4 Å². The van der Waals surface area contributed by atoms with Gasteiger partial charge < -0.3 is 4.42 Å². The third-order valence-electron chi connectivity index (χ3n) is 4.43. The number of hydrogen-bond acceptors (Lipinski definition) is 6. The molecule has 0 bridgehead atoms. The quantitative estimate of drug-likeness (QED) is 0.367. The van der Waals surface area contributed by atoms with E-state index in [4.69, 9.17) is 16.0 Å². The van der Waals surface area contributed by atoms with Gasteiger partial charge >= 0.3 is 11.8 Å². The third-order valence-corrected chi connectivity index (χ3v) is 5.33. The Kier molecular flexibility index (Phi) is 4.38. The molecule has 0 aliphatic carbocycles. The van der Waals surface area contributed by atoms with Crippen LogP contribution in [0.2, 0.25) is 5.02 Å². The molecule has 0 atom stereocenters. The van der Waals surface area contributed by atoms with Crippen molar-refractivity contribution in [3.8, 4) is 17.4 Å². The number of fused-ring (bicyclic) bond motifs is 3. The van der Waals surface area contributed by atoms with Crippen LogP contribution in [0, 0.1) is 0 Å². The number of alkyl halides is 3. The van der Waals surface area contributed by atoms with E-state index in [1.165, 1.54) is 24.5 Å². The first-order valence-electron chi connectivity index (χ1n) is 8.49. The first kappa shape index (κ1) is 19.7. The number of aromatic nitrogens is 6. The fourth-order valence-electron chi connectivity index (χ4n) is 3.10. The Balaban J connectivity index is 1.83. The average Bonchev–Trinajstić information content (AvgIpc) is 3.35. The second-order valence-electron chi connectivity index (χ2n) is 6.36. The van der Waals surface area contributed by atoms with Crippen molar-refractivity contribution in [3.05, 3.63) is 62.3 Å². The molecule has 4 aromatic heterocycles. The number of hydrogen-bond donors (Lipinski definition) is 1. The molecule has 1 aromatic carbocycles. The number of halogens is 5. The lowest BCUT2D eigenvalue weighted by atomic mass is 10.2. The summed E-state index contributed by atoms with van der Waals surface area (Å²) in [5.41, 5.74) is -1.72. The number of aromatic amines is 1. The molecular formula is C18H7BrClF3N6O2. The summed E-state index contributed by atoms with van der Waals surface area (Å²) in [6, 6.07) is 5.34. The van der Waals surface area contributed by atoms with Crippen LogP contribution in [0.25, 0.3) is 39.2 Å². The van der Waals surface area contributed by atoms with E-state index >= 15 is 0 Å². The predicted molar refractivity (Wildman–Crippen MR) is 108 cm³/mol. The van der Waals surface area contributed by atoms with Crippen molar-refractivity contribution in [2.75, 3.05) is 0 Å². The van der Waals surface area contributed by atoms with Crippen LogP contribution in [-0.4, -0.2) is 29.9 Å². The summed E-state index contributed by atoms with van der Waals surface area (Å²) < 4.78 is 46.7. The maximum absolute atomic E-state index is 13.4. The smallest absolute Gasteiger partial charge is 0.401 e. The largest absolute Gasteiger partial charge is 0.435 e. The summed E-state index contributed by atoms with van der Waals surface area (Å²) in [6.45, 7) is 0. The summed E-state index contributed by atoms with van der Waals surface area (Å²) >= 11 is 9.45. The second kappa shape index (κ2) is 6.89. The molecule has 0 saturated carbocycles. The van der Waals surface area contributed by atoms with Crippen LogP contribution in [0.1, 0.15) is 5.69 Å². The standard InChI is InChI=1S/C18H7BrClF3N6O2/c19-8-4-7-6-25-27-13(7)12-14(8)26-16(31-17(12)30)10-5-11(18(21,22)23)28-29(10)15-9(20)2-1-3-24-15/h1-6H,(H,25,27). The Labute approximate surface area is 182 Å². The van der Waals surface area contributed by atoms with Gasteiger partial charge in [-0.05, 0) is 34.1 Å². The lowest BCUT2D eigenvalue weighted by Gasteiger charge is -2.08. The van der Waals surface area contributed by atoms with Crippen LogP contribution < -0.4 is 5.63 Å².